The first-order valence-corrected chi connectivity index (χ1v) is 9.62. The van der Waals surface area contributed by atoms with Crippen LogP contribution in [0.3, 0.4) is 0 Å². The van der Waals surface area contributed by atoms with Crippen LogP contribution in [0.4, 0.5) is 0 Å². The standard InChI is InChI=1S/C21H25ClN2O4/c1-4-11-28-20-18(22)12-15(13-19(20)27-6-3)14-23-24-21(25)16-7-9-17(10-8-16)26-5-2/h7-10,12-14H,4-6,11H2,1-3H3,(H,24,25)/b23-14-. The van der Waals surface area contributed by atoms with Crippen LogP contribution in [0.1, 0.15) is 43.1 Å². The van der Waals surface area contributed by atoms with E-state index >= 15 is 0 Å². The molecule has 0 atom stereocenters. The van der Waals surface area contributed by atoms with E-state index in [4.69, 9.17) is 25.8 Å². The first-order valence-electron chi connectivity index (χ1n) is 9.24. The molecule has 2 rings (SSSR count). The molecule has 0 aromatic heterocycles. The fourth-order valence-electron chi connectivity index (χ4n) is 2.37. The van der Waals surface area contributed by atoms with Gasteiger partial charge in [-0.05, 0) is 62.2 Å². The number of nitrogens with zero attached hydrogens (tertiary/aromatic N) is 1. The van der Waals surface area contributed by atoms with Gasteiger partial charge < -0.3 is 14.2 Å². The van der Waals surface area contributed by atoms with E-state index < -0.39 is 0 Å². The summed E-state index contributed by atoms with van der Waals surface area (Å²) in [6.07, 6.45) is 2.37. The van der Waals surface area contributed by atoms with E-state index in [2.05, 4.69) is 10.5 Å². The van der Waals surface area contributed by atoms with Crippen molar-refractivity contribution in [3.8, 4) is 17.2 Å². The van der Waals surface area contributed by atoms with Crippen LogP contribution in [-0.2, 0) is 0 Å². The molecule has 0 heterocycles. The topological polar surface area (TPSA) is 69.2 Å². The number of carbonyl (C=O) groups excluding carboxylic acids is 1. The van der Waals surface area contributed by atoms with Gasteiger partial charge in [0.25, 0.3) is 5.91 Å². The highest BCUT2D eigenvalue weighted by Crippen LogP contribution is 2.36. The molecule has 28 heavy (non-hydrogen) atoms. The minimum absolute atomic E-state index is 0.321. The summed E-state index contributed by atoms with van der Waals surface area (Å²) in [7, 11) is 0. The van der Waals surface area contributed by atoms with Crippen molar-refractivity contribution >= 4 is 23.7 Å². The first-order chi connectivity index (χ1) is 13.6. The van der Waals surface area contributed by atoms with Crippen LogP contribution < -0.4 is 19.6 Å². The maximum Gasteiger partial charge on any atom is 0.271 e. The molecule has 0 saturated heterocycles. The van der Waals surface area contributed by atoms with E-state index in [9.17, 15) is 4.79 Å². The van der Waals surface area contributed by atoms with Gasteiger partial charge in [-0.15, -0.1) is 0 Å². The Balaban J connectivity index is 2.07. The number of rotatable bonds is 10. The molecule has 2 aromatic rings. The smallest absolute Gasteiger partial charge is 0.271 e. The van der Waals surface area contributed by atoms with E-state index in [1.165, 1.54) is 6.21 Å². The van der Waals surface area contributed by atoms with Gasteiger partial charge >= 0.3 is 0 Å². The lowest BCUT2D eigenvalue weighted by atomic mass is 10.2. The number of carbonyl (C=O) groups is 1. The van der Waals surface area contributed by atoms with Crippen molar-refractivity contribution in [3.63, 3.8) is 0 Å². The fraction of sp³-hybridized carbons (Fsp3) is 0.333. The molecule has 7 heteroatoms. The second-order valence-electron chi connectivity index (χ2n) is 5.77. The van der Waals surface area contributed by atoms with Crippen LogP contribution in [0.5, 0.6) is 17.2 Å². The second kappa shape index (κ2) is 11.2. The quantitative estimate of drug-likeness (QED) is 0.460. The molecule has 2 aromatic carbocycles. The number of ether oxygens (including phenoxy) is 3. The molecule has 0 saturated carbocycles. The highest BCUT2D eigenvalue weighted by Gasteiger charge is 2.12. The van der Waals surface area contributed by atoms with E-state index in [1.54, 1.807) is 36.4 Å². The van der Waals surface area contributed by atoms with E-state index in [0.717, 1.165) is 6.42 Å². The number of halogens is 1. The summed E-state index contributed by atoms with van der Waals surface area (Å²) in [6.45, 7) is 7.41. The molecule has 0 aliphatic heterocycles. The third kappa shape index (κ3) is 6.16. The number of hydrogen-bond donors (Lipinski definition) is 1. The minimum Gasteiger partial charge on any atom is -0.494 e. The average molecular weight is 405 g/mol. The molecular formula is C21H25ClN2O4. The SMILES string of the molecule is CCCOc1c(Cl)cc(/C=N\NC(=O)c2ccc(OCC)cc2)cc1OCC. The molecule has 0 fully saturated rings. The minimum atomic E-state index is -0.321. The van der Waals surface area contributed by atoms with Crippen molar-refractivity contribution in [2.24, 2.45) is 5.10 Å². The van der Waals surface area contributed by atoms with Gasteiger partial charge in [0.05, 0.1) is 31.1 Å². The van der Waals surface area contributed by atoms with Gasteiger partial charge in [-0.1, -0.05) is 18.5 Å². The summed E-state index contributed by atoms with van der Waals surface area (Å²) in [5.41, 5.74) is 3.66. The highest BCUT2D eigenvalue weighted by molar-refractivity contribution is 6.32. The van der Waals surface area contributed by atoms with Crippen LogP contribution in [0.15, 0.2) is 41.5 Å². The van der Waals surface area contributed by atoms with Gasteiger partial charge in [-0.25, -0.2) is 5.43 Å². The molecule has 0 radical (unpaired) electrons. The zero-order valence-corrected chi connectivity index (χ0v) is 17.1. The van der Waals surface area contributed by atoms with Crippen LogP contribution in [-0.4, -0.2) is 31.9 Å². The van der Waals surface area contributed by atoms with Crippen LogP contribution in [0.25, 0.3) is 0 Å². The lowest BCUT2D eigenvalue weighted by molar-refractivity contribution is 0.0955. The maximum absolute atomic E-state index is 12.2. The normalized spacial score (nSPS) is 10.7. The number of hydrazone groups is 1. The summed E-state index contributed by atoms with van der Waals surface area (Å²) in [5.74, 6) is 1.45. The maximum atomic E-state index is 12.2. The lowest BCUT2D eigenvalue weighted by Gasteiger charge is -2.13. The fourth-order valence-corrected chi connectivity index (χ4v) is 2.64. The van der Waals surface area contributed by atoms with E-state index in [1.807, 2.05) is 20.8 Å². The Morgan fingerprint density at radius 2 is 1.79 bits per heavy atom. The first kappa shape index (κ1) is 21.6. The second-order valence-corrected chi connectivity index (χ2v) is 6.18. The number of amides is 1. The predicted molar refractivity (Wildman–Crippen MR) is 111 cm³/mol. The van der Waals surface area contributed by atoms with Crippen molar-refractivity contribution in [2.75, 3.05) is 19.8 Å². The van der Waals surface area contributed by atoms with Crippen molar-refractivity contribution in [1.29, 1.82) is 0 Å². The highest BCUT2D eigenvalue weighted by atomic mass is 35.5. The Bertz CT molecular complexity index is 807. The van der Waals surface area contributed by atoms with Gasteiger partial charge in [0, 0.05) is 5.56 Å². The van der Waals surface area contributed by atoms with Crippen LogP contribution in [0, 0.1) is 0 Å². The lowest BCUT2D eigenvalue weighted by Crippen LogP contribution is -2.17. The molecule has 0 bridgehead atoms. The van der Waals surface area contributed by atoms with Crippen molar-refractivity contribution in [3.05, 3.63) is 52.5 Å². The van der Waals surface area contributed by atoms with Crippen molar-refractivity contribution < 1.29 is 19.0 Å². The third-order valence-electron chi connectivity index (χ3n) is 3.59. The summed E-state index contributed by atoms with van der Waals surface area (Å²) in [5, 5.41) is 4.43. The third-order valence-corrected chi connectivity index (χ3v) is 3.87. The number of nitrogens with one attached hydrogen (secondary N) is 1. The largest absolute Gasteiger partial charge is 0.494 e. The number of hydrogen-bond acceptors (Lipinski definition) is 5. The summed E-state index contributed by atoms with van der Waals surface area (Å²) < 4.78 is 16.6. The molecule has 0 aliphatic carbocycles. The molecule has 6 nitrogen and oxygen atoms in total. The van der Waals surface area contributed by atoms with Crippen LogP contribution in [0.2, 0.25) is 5.02 Å². The Morgan fingerprint density at radius 3 is 2.43 bits per heavy atom. The molecular weight excluding hydrogens is 380 g/mol. The van der Waals surface area contributed by atoms with Crippen molar-refractivity contribution in [1.82, 2.24) is 5.43 Å². The Kier molecular flexibility index (Phi) is 8.62. The number of benzene rings is 2. The molecule has 0 unspecified atom stereocenters. The van der Waals surface area contributed by atoms with Crippen LogP contribution >= 0.6 is 11.6 Å². The predicted octanol–water partition coefficient (Wildman–Crippen LogP) is 4.69. The van der Waals surface area contributed by atoms with Gasteiger partial charge in [-0.2, -0.15) is 5.10 Å². The van der Waals surface area contributed by atoms with Gasteiger partial charge in [-0.3, -0.25) is 4.79 Å². The van der Waals surface area contributed by atoms with Crippen molar-refractivity contribution in [2.45, 2.75) is 27.2 Å². The molecule has 150 valence electrons. The molecule has 0 spiro atoms. The summed E-state index contributed by atoms with van der Waals surface area (Å²) in [4.78, 5) is 12.2. The summed E-state index contributed by atoms with van der Waals surface area (Å²) >= 11 is 6.32. The monoisotopic (exact) mass is 404 g/mol. The van der Waals surface area contributed by atoms with Gasteiger partial charge in [0.2, 0.25) is 0 Å². The zero-order chi connectivity index (χ0) is 20.4. The van der Waals surface area contributed by atoms with E-state index in [-0.39, 0.29) is 5.91 Å². The Hall–Kier alpha value is -2.73. The average Bonchev–Trinajstić information content (AvgIpc) is 2.68. The summed E-state index contributed by atoms with van der Waals surface area (Å²) in [6, 6.07) is 10.3. The molecule has 1 N–H and O–H groups in total. The molecule has 1 amide bonds. The van der Waals surface area contributed by atoms with Gasteiger partial charge in [0.15, 0.2) is 11.5 Å². The Morgan fingerprint density at radius 1 is 1.07 bits per heavy atom. The molecule has 0 aliphatic rings. The van der Waals surface area contributed by atoms with Gasteiger partial charge in [0.1, 0.15) is 5.75 Å². The Labute approximate surface area is 170 Å². The van der Waals surface area contributed by atoms with E-state index in [0.29, 0.717) is 53.2 Å². The zero-order valence-electron chi connectivity index (χ0n) is 16.3.